The summed E-state index contributed by atoms with van der Waals surface area (Å²) in [5.74, 6) is 0.999. The van der Waals surface area contributed by atoms with E-state index in [-0.39, 0.29) is 12.0 Å². The van der Waals surface area contributed by atoms with Crippen molar-refractivity contribution in [3.63, 3.8) is 0 Å². The molecule has 2 amide bonds. The minimum atomic E-state index is -0.332. The zero-order chi connectivity index (χ0) is 20.6. The van der Waals surface area contributed by atoms with E-state index in [1.54, 1.807) is 42.0 Å². The first-order valence-corrected chi connectivity index (χ1v) is 9.68. The minimum Gasteiger partial charge on any atom is -0.493 e. The zero-order valence-corrected chi connectivity index (χ0v) is 16.8. The fraction of sp³-hybridized carbons (Fsp3) is 0.364. The normalized spacial score (nSPS) is 13.7. The Kier molecular flexibility index (Phi) is 6.94. The van der Waals surface area contributed by atoms with E-state index in [1.165, 1.54) is 0 Å². The molecule has 0 aliphatic carbocycles. The summed E-state index contributed by atoms with van der Waals surface area (Å²) in [6.07, 6.45) is -0.332. The number of hydrogen-bond donors (Lipinski definition) is 0. The molecule has 2 aromatic rings. The highest BCUT2D eigenvalue weighted by molar-refractivity contribution is 5.95. The predicted molar refractivity (Wildman–Crippen MR) is 108 cm³/mol. The number of piperazine rings is 1. The molecule has 7 heteroatoms. The van der Waals surface area contributed by atoms with E-state index in [4.69, 9.17) is 14.2 Å². The number of carbonyl (C=O) groups is 2. The number of methoxy groups -OCH3 is 1. The van der Waals surface area contributed by atoms with E-state index in [0.29, 0.717) is 56.5 Å². The van der Waals surface area contributed by atoms with Gasteiger partial charge >= 0.3 is 6.09 Å². The number of rotatable bonds is 6. The first-order chi connectivity index (χ1) is 14.1. The number of nitrogens with zero attached hydrogens (tertiary/aromatic N) is 2. The van der Waals surface area contributed by atoms with Gasteiger partial charge in [-0.2, -0.15) is 0 Å². The molecule has 0 saturated carbocycles. The second-order valence-electron chi connectivity index (χ2n) is 6.62. The molecule has 1 aliphatic rings. The Labute approximate surface area is 170 Å². The van der Waals surface area contributed by atoms with E-state index >= 15 is 0 Å². The summed E-state index contributed by atoms with van der Waals surface area (Å²) in [6.45, 7) is 4.38. The number of carbonyl (C=O) groups excluding carboxylic acids is 2. The molecule has 2 aromatic carbocycles. The fourth-order valence-corrected chi connectivity index (χ4v) is 3.14. The summed E-state index contributed by atoms with van der Waals surface area (Å²) in [6, 6.07) is 15.0. The van der Waals surface area contributed by atoms with Gasteiger partial charge in [-0.05, 0) is 30.7 Å². The van der Waals surface area contributed by atoms with Crippen molar-refractivity contribution in [2.24, 2.45) is 0 Å². The van der Waals surface area contributed by atoms with E-state index in [1.807, 2.05) is 30.3 Å². The SMILES string of the molecule is CCOC(=O)N1CCN(C(=O)c2ccc(OCc3ccccc3)c(OC)c2)CC1. The molecule has 0 unspecified atom stereocenters. The van der Waals surface area contributed by atoms with Crippen LogP contribution >= 0.6 is 0 Å². The molecule has 29 heavy (non-hydrogen) atoms. The number of benzene rings is 2. The Balaban J connectivity index is 1.62. The molecule has 0 bridgehead atoms. The standard InChI is InChI=1S/C22H26N2O5/c1-3-28-22(26)24-13-11-23(12-14-24)21(25)18-9-10-19(20(15-18)27-2)29-16-17-7-5-4-6-8-17/h4-10,15H,3,11-14,16H2,1-2H3. The highest BCUT2D eigenvalue weighted by atomic mass is 16.6. The minimum absolute atomic E-state index is 0.0959. The Morgan fingerprint density at radius 3 is 2.28 bits per heavy atom. The van der Waals surface area contributed by atoms with Crippen LogP contribution in [0.5, 0.6) is 11.5 Å². The van der Waals surface area contributed by atoms with Crippen molar-refractivity contribution in [2.75, 3.05) is 39.9 Å². The molecule has 154 valence electrons. The molecule has 3 rings (SSSR count). The molecule has 0 radical (unpaired) electrons. The van der Waals surface area contributed by atoms with Gasteiger partial charge in [0.05, 0.1) is 13.7 Å². The summed E-state index contributed by atoms with van der Waals surface area (Å²) in [5.41, 5.74) is 1.58. The zero-order valence-electron chi connectivity index (χ0n) is 16.8. The maximum atomic E-state index is 12.9. The second-order valence-corrected chi connectivity index (χ2v) is 6.62. The first-order valence-electron chi connectivity index (χ1n) is 9.68. The van der Waals surface area contributed by atoms with Gasteiger partial charge in [0.2, 0.25) is 0 Å². The van der Waals surface area contributed by atoms with Gasteiger partial charge in [-0.1, -0.05) is 30.3 Å². The monoisotopic (exact) mass is 398 g/mol. The third-order valence-electron chi connectivity index (χ3n) is 4.74. The lowest BCUT2D eigenvalue weighted by Crippen LogP contribution is -2.50. The Hall–Kier alpha value is -3.22. The van der Waals surface area contributed by atoms with Gasteiger partial charge in [-0.3, -0.25) is 4.79 Å². The number of amides is 2. The van der Waals surface area contributed by atoms with Crippen LogP contribution in [0.2, 0.25) is 0 Å². The first kappa shape index (κ1) is 20.5. The van der Waals surface area contributed by atoms with Crippen molar-refractivity contribution in [2.45, 2.75) is 13.5 Å². The van der Waals surface area contributed by atoms with Crippen molar-refractivity contribution in [3.05, 3.63) is 59.7 Å². The van der Waals surface area contributed by atoms with Crippen molar-refractivity contribution < 1.29 is 23.8 Å². The molecule has 1 heterocycles. The Morgan fingerprint density at radius 1 is 0.931 bits per heavy atom. The highest BCUT2D eigenvalue weighted by Gasteiger charge is 2.26. The lowest BCUT2D eigenvalue weighted by molar-refractivity contribution is 0.0570. The second kappa shape index (κ2) is 9.82. The van der Waals surface area contributed by atoms with Gasteiger partial charge in [-0.15, -0.1) is 0 Å². The molecular formula is C22H26N2O5. The van der Waals surface area contributed by atoms with Gasteiger partial charge in [0, 0.05) is 31.7 Å². The van der Waals surface area contributed by atoms with E-state index < -0.39 is 0 Å². The molecule has 0 atom stereocenters. The van der Waals surface area contributed by atoms with Gasteiger partial charge in [0.1, 0.15) is 6.61 Å². The maximum Gasteiger partial charge on any atom is 0.409 e. The molecule has 1 saturated heterocycles. The summed E-state index contributed by atoms with van der Waals surface area (Å²) in [7, 11) is 1.55. The summed E-state index contributed by atoms with van der Waals surface area (Å²) in [4.78, 5) is 28.0. The molecule has 0 spiro atoms. The third kappa shape index (κ3) is 5.19. The fourth-order valence-electron chi connectivity index (χ4n) is 3.14. The number of hydrogen-bond acceptors (Lipinski definition) is 5. The van der Waals surface area contributed by atoms with Crippen LogP contribution in [0.3, 0.4) is 0 Å². The van der Waals surface area contributed by atoms with Crippen LogP contribution in [0.25, 0.3) is 0 Å². The average molecular weight is 398 g/mol. The van der Waals surface area contributed by atoms with Gasteiger partial charge in [-0.25, -0.2) is 4.79 Å². The topological polar surface area (TPSA) is 68.3 Å². The Morgan fingerprint density at radius 2 is 1.62 bits per heavy atom. The Bertz CT molecular complexity index is 832. The van der Waals surface area contributed by atoms with Crippen LogP contribution in [0, 0.1) is 0 Å². The largest absolute Gasteiger partial charge is 0.493 e. The van der Waals surface area contributed by atoms with Gasteiger partial charge in [0.25, 0.3) is 5.91 Å². The average Bonchev–Trinajstić information content (AvgIpc) is 2.78. The summed E-state index contributed by atoms with van der Waals surface area (Å²) < 4.78 is 16.3. The van der Waals surface area contributed by atoms with Crippen LogP contribution < -0.4 is 9.47 Å². The smallest absolute Gasteiger partial charge is 0.409 e. The molecule has 7 nitrogen and oxygen atoms in total. The predicted octanol–water partition coefficient (Wildman–Crippen LogP) is 3.19. The van der Waals surface area contributed by atoms with Crippen molar-refractivity contribution in [1.29, 1.82) is 0 Å². The van der Waals surface area contributed by atoms with Crippen LogP contribution in [0.1, 0.15) is 22.8 Å². The van der Waals surface area contributed by atoms with Crippen molar-refractivity contribution >= 4 is 12.0 Å². The van der Waals surface area contributed by atoms with Crippen LogP contribution in [-0.2, 0) is 11.3 Å². The molecular weight excluding hydrogens is 372 g/mol. The van der Waals surface area contributed by atoms with E-state index in [2.05, 4.69) is 0 Å². The summed E-state index contributed by atoms with van der Waals surface area (Å²) >= 11 is 0. The molecule has 0 N–H and O–H groups in total. The lowest BCUT2D eigenvalue weighted by Gasteiger charge is -2.34. The van der Waals surface area contributed by atoms with Crippen LogP contribution in [-0.4, -0.2) is 61.7 Å². The molecule has 1 aliphatic heterocycles. The van der Waals surface area contributed by atoms with Gasteiger partial charge < -0.3 is 24.0 Å². The van der Waals surface area contributed by atoms with Crippen molar-refractivity contribution in [3.8, 4) is 11.5 Å². The summed E-state index contributed by atoms with van der Waals surface area (Å²) in [5, 5.41) is 0. The molecule has 0 aromatic heterocycles. The van der Waals surface area contributed by atoms with Crippen molar-refractivity contribution in [1.82, 2.24) is 9.80 Å². The lowest BCUT2D eigenvalue weighted by atomic mass is 10.1. The number of ether oxygens (including phenoxy) is 3. The van der Waals surface area contributed by atoms with E-state index in [9.17, 15) is 9.59 Å². The van der Waals surface area contributed by atoms with Crippen LogP contribution in [0.4, 0.5) is 4.79 Å². The third-order valence-corrected chi connectivity index (χ3v) is 4.74. The van der Waals surface area contributed by atoms with E-state index in [0.717, 1.165) is 5.56 Å². The molecule has 1 fully saturated rings. The quantitative estimate of drug-likeness (QED) is 0.748. The van der Waals surface area contributed by atoms with Crippen LogP contribution in [0.15, 0.2) is 48.5 Å². The maximum absolute atomic E-state index is 12.9. The highest BCUT2D eigenvalue weighted by Crippen LogP contribution is 2.29. The van der Waals surface area contributed by atoms with Gasteiger partial charge in [0.15, 0.2) is 11.5 Å².